The molecule has 0 saturated carbocycles. The Hall–Kier alpha value is -3.85. The maximum absolute atomic E-state index is 14.4. The molecular formula is C34H35Cl2N3O4S. The van der Waals surface area contributed by atoms with E-state index in [9.17, 15) is 18.0 Å². The van der Waals surface area contributed by atoms with Gasteiger partial charge in [-0.2, -0.15) is 0 Å². The highest BCUT2D eigenvalue weighted by Gasteiger charge is 2.35. The second kappa shape index (κ2) is 14.8. The Labute approximate surface area is 269 Å². The van der Waals surface area contributed by atoms with Gasteiger partial charge in [0.15, 0.2) is 0 Å². The summed E-state index contributed by atoms with van der Waals surface area (Å²) in [6.07, 6.45) is 0.232. The zero-order valence-corrected chi connectivity index (χ0v) is 27.1. The molecule has 44 heavy (non-hydrogen) atoms. The number of aryl methyl sites for hydroxylation is 1. The molecule has 0 saturated heterocycles. The molecule has 0 spiro atoms. The van der Waals surface area contributed by atoms with Gasteiger partial charge in [0, 0.05) is 19.0 Å². The molecule has 0 aromatic heterocycles. The highest BCUT2D eigenvalue weighted by atomic mass is 35.5. The number of hydrogen-bond acceptors (Lipinski definition) is 4. The molecule has 0 aliphatic rings. The minimum atomic E-state index is -4.24. The molecule has 7 nitrogen and oxygen atoms in total. The lowest BCUT2D eigenvalue weighted by Crippen LogP contribution is -2.54. The summed E-state index contributed by atoms with van der Waals surface area (Å²) in [6.45, 7) is 5.05. The average Bonchev–Trinajstić information content (AvgIpc) is 3.00. The Morgan fingerprint density at radius 1 is 0.795 bits per heavy atom. The van der Waals surface area contributed by atoms with Crippen molar-refractivity contribution in [2.45, 2.75) is 50.7 Å². The first-order chi connectivity index (χ1) is 21.0. The van der Waals surface area contributed by atoms with Gasteiger partial charge in [0.1, 0.15) is 12.6 Å². The molecule has 4 rings (SSSR count). The summed E-state index contributed by atoms with van der Waals surface area (Å²) < 4.78 is 29.2. The highest BCUT2D eigenvalue weighted by Crippen LogP contribution is 2.31. The summed E-state index contributed by atoms with van der Waals surface area (Å²) in [5.74, 6) is -0.897. The Kier molecular flexibility index (Phi) is 11.1. The number of amides is 2. The minimum absolute atomic E-state index is 0.00923. The van der Waals surface area contributed by atoms with Crippen molar-refractivity contribution in [3.8, 4) is 0 Å². The molecule has 0 bridgehead atoms. The lowest BCUT2D eigenvalue weighted by atomic mass is 10.0. The number of carbonyl (C=O) groups excluding carboxylic acids is 2. The van der Waals surface area contributed by atoms with Crippen LogP contribution in [-0.2, 0) is 32.6 Å². The van der Waals surface area contributed by atoms with E-state index in [1.807, 2.05) is 81.4 Å². The molecule has 0 radical (unpaired) electrons. The second-order valence-corrected chi connectivity index (χ2v) is 13.5. The third-order valence-corrected chi connectivity index (χ3v) is 9.50. The van der Waals surface area contributed by atoms with Crippen LogP contribution in [0.1, 0.15) is 30.5 Å². The van der Waals surface area contributed by atoms with Gasteiger partial charge < -0.3 is 10.2 Å². The van der Waals surface area contributed by atoms with E-state index in [-0.39, 0.29) is 45.5 Å². The molecule has 10 heteroatoms. The van der Waals surface area contributed by atoms with E-state index in [4.69, 9.17) is 23.2 Å². The van der Waals surface area contributed by atoms with Crippen LogP contribution in [0.15, 0.2) is 108 Å². The number of hydrogen-bond donors (Lipinski definition) is 1. The van der Waals surface area contributed by atoms with Gasteiger partial charge in [0.25, 0.3) is 10.0 Å². The standard InChI is InChI=1S/C34H35Cl2N3O4S/c1-24(2)37-34(41)32(20-26-10-6-4-7-11-26)38(22-27-12-8-5-9-13-27)33(40)23-39(28-16-19-30(35)31(36)21-28)44(42,43)29-17-14-25(3)15-18-29/h4-19,21,24,32H,20,22-23H2,1-3H3,(H,37,41)/t32-/m0/s1. The molecule has 1 atom stereocenters. The lowest BCUT2D eigenvalue weighted by Gasteiger charge is -2.34. The molecule has 0 fully saturated rings. The van der Waals surface area contributed by atoms with Gasteiger partial charge in [-0.05, 0) is 62.2 Å². The van der Waals surface area contributed by atoms with Crippen LogP contribution >= 0.6 is 23.2 Å². The van der Waals surface area contributed by atoms with Crippen LogP contribution < -0.4 is 9.62 Å². The molecule has 0 unspecified atom stereocenters. The minimum Gasteiger partial charge on any atom is -0.352 e. The maximum atomic E-state index is 14.4. The molecule has 1 N–H and O–H groups in total. The number of nitrogens with one attached hydrogen (secondary N) is 1. The van der Waals surface area contributed by atoms with Crippen molar-refractivity contribution in [3.05, 3.63) is 130 Å². The number of halogens is 2. The fourth-order valence-corrected chi connectivity index (χ4v) is 6.42. The van der Waals surface area contributed by atoms with Crippen LogP contribution in [0, 0.1) is 6.92 Å². The number of sulfonamides is 1. The van der Waals surface area contributed by atoms with E-state index in [1.165, 1.54) is 35.2 Å². The number of anilines is 1. The Balaban J connectivity index is 1.81. The molecule has 4 aromatic rings. The van der Waals surface area contributed by atoms with Gasteiger partial charge in [0.2, 0.25) is 11.8 Å². The number of benzene rings is 4. The van der Waals surface area contributed by atoms with Crippen LogP contribution in [0.5, 0.6) is 0 Å². The van der Waals surface area contributed by atoms with Gasteiger partial charge in [-0.1, -0.05) is 102 Å². The zero-order valence-electron chi connectivity index (χ0n) is 24.8. The Morgan fingerprint density at radius 2 is 1.39 bits per heavy atom. The average molecular weight is 653 g/mol. The summed E-state index contributed by atoms with van der Waals surface area (Å²) in [5, 5.41) is 3.33. The summed E-state index contributed by atoms with van der Waals surface area (Å²) in [5.41, 5.74) is 2.70. The number of nitrogens with zero attached hydrogens (tertiary/aromatic N) is 2. The highest BCUT2D eigenvalue weighted by molar-refractivity contribution is 7.92. The summed E-state index contributed by atoms with van der Waals surface area (Å²) in [7, 11) is -4.24. The zero-order chi connectivity index (χ0) is 31.9. The van der Waals surface area contributed by atoms with Crippen molar-refractivity contribution in [3.63, 3.8) is 0 Å². The van der Waals surface area contributed by atoms with Gasteiger partial charge in [-0.25, -0.2) is 8.42 Å². The van der Waals surface area contributed by atoms with E-state index in [0.29, 0.717) is 0 Å². The summed E-state index contributed by atoms with van der Waals surface area (Å²) in [6, 6.07) is 28.4. The third kappa shape index (κ3) is 8.40. The monoisotopic (exact) mass is 651 g/mol. The van der Waals surface area contributed by atoms with Crippen LogP contribution in [0.25, 0.3) is 0 Å². The van der Waals surface area contributed by atoms with Crippen molar-refractivity contribution in [1.82, 2.24) is 10.2 Å². The third-order valence-electron chi connectivity index (χ3n) is 6.98. The smallest absolute Gasteiger partial charge is 0.264 e. The van der Waals surface area contributed by atoms with Crippen molar-refractivity contribution in [2.24, 2.45) is 0 Å². The van der Waals surface area contributed by atoms with E-state index in [1.54, 1.807) is 12.1 Å². The van der Waals surface area contributed by atoms with Crippen molar-refractivity contribution >= 4 is 50.7 Å². The SMILES string of the molecule is Cc1ccc(S(=O)(=O)N(CC(=O)N(Cc2ccccc2)[C@@H](Cc2ccccc2)C(=O)NC(C)C)c2ccc(Cl)c(Cl)c2)cc1. The van der Waals surface area contributed by atoms with Crippen LogP contribution in [0.3, 0.4) is 0 Å². The number of rotatable bonds is 12. The molecule has 230 valence electrons. The first-order valence-electron chi connectivity index (χ1n) is 14.2. The molecular weight excluding hydrogens is 617 g/mol. The first-order valence-corrected chi connectivity index (χ1v) is 16.4. The predicted molar refractivity (Wildman–Crippen MR) is 176 cm³/mol. The largest absolute Gasteiger partial charge is 0.352 e. The van der Waals surface area contributed by atoms with Crippen molar-refractivity contribution in [1.29, 1.82) is 0 Å². The van der Waals surface area contributed by atoms with Gasteiger partial charge in [-0.15, -0.1) is 0 Å². The molecule has 0 aliphatic heterocycles. The van der Waals surface area contributed by atoms with Gasteiger partial charge in [0.05, 0.1) is 20.6 Å². The molecule has 4 aromatic carbocycles. The fraction of sp³-hybridized carbons (Fsp3) is 0.235. The number of carbonyl (C=O) groups is 2. The fourth-order valence-electron chi connectivity index (χ4n) is 4.72. The topological polar surface area (TPSA) is 86.8 Å². The summed E-state index contributed by atoms with van der Waals surface area (Å²) >= 11 is 12.5. The van der Waals surface area contributed by atoms with Crippen LogP contribution in [0.2, 0.25) is 10.0 Å². The van der Waals surface area contributed by atoms with Crippen LogP contribution in [-0.4, -0.2) is 43.8 Å². The van der Waals surface area contributed by atoms with Gasteiger partial charge >= 0.3 is 0 Å². The second-order valence-electron chi connectivity index (χ2n) is 10.8. The molecule has 2 amide bonds. The Bertz CT molecular complexity index is 1680. The van der Waals surface area contributed by atoms with E-state index >= 15 is 0 Å². The summed E-state index contributed by atoms with van der Waals surface area (Å²) in [4.78, 5) is 29.6. The first kappa shape index (κ1) is 33.1. The normalized spacial score (nSPS) is 12.0. The molecule has 0 aliphatic carbocycles. The Morgan fingerprint density at radius 3 is 1.95 bits per heavy atom. The lowest BCUT2D eigenvalue weighted by molar-refractivity contribution is -0.140. The van der Waals surface area contributed by atoms with Crippen LogP contribution in [0.4, 0.5) is 5.69 Å². The predicted octanol–water partition coefficient (Wildman–Crippen LogP) is 6.66. The van der Waals surface area contributed by atoms with Gasteiger partial charge in [-0.3, -0.25) is 13.9 Å². The maximum Gasteiger partial charge on any atom is 0.264 e. The van der Waals surface area contributed by atoms with Crippen molar-refractivity contribution < 1.29 is 18.0 Å². The molecule has 0 heterocycles. The van der Waals surface area contributed by atoms with E-state index in [2.05, 4.69) is 5.32 Å². The quantitative estimate of drug-likeness (QED) is 0.186. The van der Waals surface area contributed by atoms with Crippen molar-refractivity contribution in [2.75, 3.05) is 10.8 Å². The van der Waals surface area contributed by atoms with E-state index in [0.717, 1.165) is 21.0 Å². The van der Waals surface area contributed by atoms with E-state index < -0.39 is 28.5 Å².